The van der Waals surface area contributed by atoms with E-state index in [0.29, 0.717) is 36.9 Å². The Balaban J connectivity index is 1.61. The van der Waals surface area contributed by atoms with Crippen LogP contribution in [0.2, 0.25) is 0 Å². The van der Waals surface area contributed by atoms with E-state index >= 15 is 0 Å². The molecule has 0 radical (unpaired) electrons. The molecule has 3 heterocycles. The average molecular weight is 465 g/mol. The van der Waals surface area contributed by atoms with Gasteiger partial charge >= 0.3 is 0 Å². The van der Waals surface area contributed by atoms with E-state index in [9.17, 15) is 9.59 Å². The van der Waals surface area contributed by atoms with Gasteiger partial charge in [0.25, 0.3) is 0 Å². The molecule has 9 heteroatoms. The van der Waals surface area contributed by atoms with Gasteiger partial charge in [-0.1, -0.05) is 17.8 Å². The summed E-state index contributed by atoms with van der Waals surface area (Å²) in [5.41, 5.74) is 9.64. The Morgan fingerprint density at radius 2 is 1.76 bits per heavy atom. The van der Waals surface area contributed by atoms with Gasteiger partial charge in [-0.3, -0.25) is 19.1 Å². The minimum atomic E-state index is -0.352. The Morgan fingerprint density at radius 3 is 2.39 bits per heavy atom. The molecule has 0 spiro atoms. The summed E-state index contributed by atoms with van der Waals surface area (Å²) >= 11 is 1.39. The molecule has 3 aromatic rings. The van der Waals surface area contributed by atoms with Crippen LogP contribution >= 0.6 is 11.8 Å². The quantitative estimate of drug-likeness (QED) is 0.562. The maximum absolute atomic E-state index is 13.1. The molecule has 33 heavy (non-hydrogen) atoms. The van der Waals surface area contributed by atoms with Crippen LogP contribution in [0.4, 0.5) is 0 Å². The number of likely N-dealkylation sites (tertiary alicyclic amines) is 1. The Morgan fingerprint density at radius 1 is 1.06 bits per heavy atom. The molecule has 0 aliphatic carbocycles. The summed E-state index contributed by atoms with van der Waals surface area (Å²) in [6, 6.07) is 10.0. The zero-order chi connectivity index (χ0) is 23.5. The Bertz CT molecular complexity index is 1160. The van der Waals surface area contributed by atoms with Gasteiger partial charge in [-0.25, -0.2) is 0 Å². The van der Waals surface area contributed by atoms with Gasteiger partial charge in [-0.2, -0.15) is 0 Å². The smallest absolute Gasteiger partial charge is 0.235 e. The first kappa shape index (κ1) is 23.0. The van der Waals surface area contributed by atoms with Crippen molar-refractivity contribution in [1.82, 2.24) is 24.6 Å². The van der Waals surface area contributed by atoms with Crippen molar-refractivity contribution in [2.24, 2.45) is 11.7 Å². The number of aromatic nitrogens is 4. The van der Waals surface area contributed by atoms with E-state index < -0.39 is 0 Å². The third-order valence-corrected chi connectivity index (χ3v) is 7.19. The molecule has 172 valence electrons. The first-order chi connectivity index (χ1) is 15.8. The van der Waals surface area contributed by atoms with E-state index in [1.54, 1.807) is 12.4 Å². The molecule has 1 fully saturated rings. The van der Waals surface area contributed by atoms with Crippen LogP contribution in [0, 0.1) is 19.8 Å². The topological polar surface area (TPSA) is 107 Å². The van der Waals surface area contributed by atoms with Crippen molar-refractivity contribution in [3.05, 3.63) is 53.9 Å². The van der Waals surface area contributed by atoms with Gasteiger partial charge in [0.1, 0.15) is 0 Å². The molecule has 1 aromatic carbocycles. The van der Waals surface area contributed by atoms with Crippen molar-refractivity contribution in [3.63, 3.8) is 0 Å². The van der Waals surface area contributed by atoms with E-state index in [1.807, 2.05) is 34.6 Å². The molecule has 1 aliphatic heterocycles. The van der Waals surface area contributed by atoms with Crippen LogP contribution < -0.4 is 5.73 Å². The Kier molecular flexibility index (Phi) is 6.78. The monoisotopic (exact) mass is 464 g/mol. The highest BCUT2D eigenvalue weighted by molar-refractivity contribution is 8.00. The highest BCUT2D eigenvalue weighted by atomic mass is 32.2. The lowest BCUT2D eigenvalue weighted by atomic mass is 9.96. The lowest BCUT2D eigenvalue weighted by Gasteiger charge is -2.32. The van der Waals surface area contributed by atoms with Crippen LogP contribution in [0.5, 0.6) is 0 Å². The van der Waals surface area contributed by atoms with Crippen LogP contribution in [0.25, 0.3) is 17.1 Å². The van der Waals surface area contributed by atoms with Gasteiger partial charge in [0.2, 0.25) is 11.8 Å². The van der Waals surface area contributed by atoms with Crippen LogP contribution in [-0.4, -0.2) is 54.8 Å². The predicted molar refractivity (Wildman–Crippen MR) is 128 cm³/mol. The number of carbonyl (C=O) groups excluding carboxylic acids is 2. The summed E-state index contributed by atoms with van der Waals surface area (Å²) in [6.07, 6.45) is 4.68. The number of amides is 2. The number of nitrogens with zero attached hydrogens (tertiary/aromatic N) is 5. The lowest BCUT2D eigenvalue weighted by molar-refractivity contribution is -0.134. The van der Waals surface area contributed by atoms with Crippen molar-refractivity contribution in [2.45, 2.75) is 44.0 Å². The number of piperidine rings is 1. The van der Waals surface area contributed by atoms with E-state index in [1.165, 1.54) is 22.9 Å². The van der Waals surface area contributed by atoms with Crippen LogP contribution in [0.15, 0.2) is 47.9 Å². The standard InChI is InChI=1S/C24H28N6O2S/c1-15-4-5-20(14-16(15)2)30-22(19-6-10-26-11-7-19)27-28-24(30)33-17(3)23(32)29-12-8-18(9-13-29)21(25)31/h4-7,10-11,14,17-18H,8-9,12-13H2,1-3H3,(H2,25,31). The van der Waals surface area contributed by atoms with E-state index in [4.69, 9.17) is 5.73 Å². The first-order valence-electron chi connectivity index (χ1n) is 11.0. The second-order valence-electron chi connectivity index (χ2n) is 8.41. The van der Waals surface area contributed by atoms with Gasteiger partial charge in [0.15, 0.2) is 11.0 Å². The molecule has 2 amide bonds. The normalized spacial score (nSPS) is 15.4. The largest absolute Gasteiger partial charge is 0.369 e. The van der Waals surface area contributed by atoms with Crippen molar-refractivity contribution < 1.29 is 9.59 Å². The first-order valence-corrected chi connectivity index (χ1v) is 11.9. The predicted octanol–water partition coefficient (Wildman–Crippen LogP) is 3.15. The molecule has 8 nitrogen and oxygen atoms in total. The number of aryl methyl sites for hydroxylation is 2. The zero-order valence-corrected chi connectivity index (χ0v) is 19.9. The third-order valence-electron chi connectivity index (χ3n) is 6.16. The molecule has 2 N–H and O–H groups in total. The molecule has 1 aliphatic rings. The van der Waals surface area contributed by atoms with E-state index in [-0.39, 0.29) is 23.0 Å². The van der Waals surface area contributed by atoms with Crippen molar-refractivity contribution in [2.75, 3.05) is 13.1 Å². The minimum Gasteiger partial charge on any atom is -0.369 e. The molecular formula is C24H28N6O2S. The number of nitrogens with two attached hydrogens (primary N) is 1. The van der Waals surface area contributed by atoms with Gasteiger partial charge in [-0.05, 0) is 69.0 Å². The summed E-state index contributed by atoms with van der Waals surface area (Å²) in [6.45, 7) is 7.13. The number of hydrogen-bond acceptors (Lipinski definition) is 6. The minimum absolute atomic E-state index is 0.0306. The number of rotatable bonds is 6. The van der Waals surface area contributed by atoms with Gasteiger partial charge in [0.05, 0.1) is 10.9 Å². The zero-order valence-electron chi connectivity index (χ0n) is 19.1. The number of thioether (sulfide) groups is 1. The van der Waals surface area contributed by atoms with Crippen molar-refractivity contribution >= 4 is 23.6 Å². The number of hydrogen-bond donors (Lipinski definition) is 1. The molecular weight excluding hydrogens is 436 g/mol. The van der Waals surface area contributed by atoms with Crippen LogP contribution in [0.1, 0.15) is 30.9 Å². The van der Waals surface area contributed by atoms with Crippen molar-refractivity contribution in [3.8, 4) is 17.1 Å². The fourth-order valence-corrected chi connectivity index (χ4v) is 4.93. The SMILES string of the molecule is Cc1ccc(-n2c(SC(C)C(=O)N3CCC(C(N)=O)CC3)nnc2-c2ccncc2)cc1C. The number of carbonyl (C=O) groups is 2. The maximum atomic E-state index is 13.1. The van der Waals surface area contributed by atoms with E-state index in [2.05, 4.69) is 41.2 Å². The number of pyridine rings is 1. The molecule has 1 atom stereocenters. The molecule has 2 aromatic heterocycles. The molecule has 0 saturated carbocycles. The van der Waals surface area contributed by atoms with Gasteiger partial charge < -0.3 is 10.6 Å². The third kappa shape index (κ3) is 4.93. The molecule has 1 unspecified atom stereocenters. The average Bonchev–Trinajstić information content (AvgIpc) is 3.24. The Labute approximate surface area is 197 Å². The second kappa shape index (κ2) is 9.74. The van der Waals surface area contributed by atoms with Crippen LogP contribution in [0.3, 0.4) is 0 Å². The molecule has 4 rings (SSSR count). The maximum Gasteiger partial charge on any atom is 0.235 e. The summed E-state index contributed by atoms with van der Waals surface area (Å²) in [4.78, 5) is 30.5. The molecule has 1 saturated heterocycles. The lowest BCUT2D eigenvalue weighted by Crippen LogP contribution is -2.44. The highest BCUT2D eigenvalue weighted by Gasteiger charge is 2.30. The summed E-state index contributed by atoms with van der Waals surface area (Å²) in [7, 11) is 0. The van der Waals surface area contributed by atoms with Crippen molar-refractivity contribution in [1.29, 1.82) is 0 Å². The summed E-state index contributed by atoms with van der Waals surface area (Å²) < 4.78 is 2.00. The van der Waals surface area contributed by atoms with Gasteiger partial charge in [-0.15, -0.1) is 10.2 Å². The van der Waals surface area contributed by atoms with Gasteiger partial charge in [0, 0.05) is 37.0 Å². The molecule has 0 bridgehead atoms. The summed E-state index contributed by atoms with van der Waals surface area (Å²) in [5, 5.41) is 9.20. The highest BCUT2D eigenvalue weighted by Crippen LogP contribution is 2.32. The second-order valence-corrected chi connectivity index (χ2v) is 9.72. The number of benzene rings is 1. The fraction of sp³-hybridized carbons (Fsp3) is 0.375. The Hall–Kier alpha value is -3.20. The fourth-order valence-electron chi connectivity index (χ4n) is 3.98. The summed E-state index contributed by atoms with van der Waals surface area (Å²) in [5.74, 6) is 0.301. The van der Waals surface area contributed by atoms with Crippen LogP contribution in [-0.2, 0) is 9.59 Å². The van der Waals surface area contributed by atoms with E-state index in [0.717, 1.165) is 11.3 Å². The number of primary amides is 1.